The summed E-state index contributed by atoms with van der Waals surface area (Å²) in [6.07, 6.45) is 3.86. The van der Waals surface area contributed by atoms with Gasteiger partial charge in [0.25, 0.3) is 0 Å². The summed E-state index contributed by atoms with van der Waals surface area (Å²) in [6, 6.07) is 2.08. The second-order valence-electron chi connectivity index (χ2n) is 5.25. The Labute approximate surface area is 112 Å². The molecular weight excluding hydrogens is 240 g/mol. The fraction of sp³-hybridized carbons (Fsp3) is 0.500. The van der Waals surface area contributed by atoms with Crippen molar-refractivity contribution in [2.24, 2.45) is 5.92 Å². The van der Waals surface area contributed by atoms with Gasteiger partial charge in [0.15, 0.2) is 0 Å². The van der Waals surface area contributed by atoms with E-state index in [0.29, 0.717) is 17.6 Å². The van der Waals surface area contributed by atoms with Crippen LogP contribution in [-0.2, 0) is 6.42 Å². The molecule has 1 fully saturated rings. The lowest BCUT2D eigenvalue weighted by Crippen LogP contribution is -2.10. The highest BCUT2D eigenvalue weighted by molar-refractivity contribution is 5.53. The van der Waals surface area contributed by atoms with Gasteiger partial charge >= 0.3 is 0 Å². The van der Waals surface area contributed by atoms with Gasteiger partial charge in [-0.3, -0.25) is 4.98 Å². The Hall–Kier alpha value is -1.75. The molecule has 1 atom stereocenters. The molecule has 0 radical (unpaired) electrons. The molecule has 5 heteroatoms. The maximum Gasteiger partial charge on any atom is 0.227 e. The van der Waals surface area contributed by atoms with Crippen LogP contribution in [0.3, 0.4) is 0 Å². The first kappa shape index (κ1) is 12.3. The van der Waals surface area contributed by atoms with E-state index in [4.69, 9.17) is 4.52 Å². The van der Waals surface area contributed by atoms with E-state index >= 15 is 0 Å². The van der Waals surface area contributed by atoms with Crippen LogP contribution in [0.25, 0.3) is 11.5 Å². The minimum absolute atomic E-state index is 0.596. The average Bonchev–Trinajstić information content (AvgIpc) is 3.01. The van der Waals surface area contributed by atoms with Gasteiger partial charge in [-0.15, -0.1) is 0 Å². The van der Waals surface area contributed by atoms with E-state index in [-0.39, 0.29) is 0 Å². The summed E-state index contributed by atoms with van der Waals surface area (Å²) in [5.74, 6) is 1.92. The Morgan fingerprint density at radius 3 is 3.05 bits per heavy atom. The normalized spacial score (nSPS) is 18.9. The van der Waals surface area contributed by atoms with Crippen LogP contribution in [0.4, 0.5) is 0 Å². The van der Waals surface area contributed by atoms with E-state index in [9.17, 15) is 0 Å². The molecule has 1 N–H and O–H groups in total. The van der Waals surface area contributed by atoms with E-state index in [2.05, 4.69) is 26.5 Å². The van der Waals surface area contributed by atoms with Crippen molar-refractivity contribution in [2.75, 3.05) is 13.1 Å². The predicted octanol–water partition coefficient (Wildman–Crippen LogP) is 1.90. The molecule has 0 aliphatic carbocycles. The van der Waals surface area contributed by atoms with Crippen LogP contribution in [0.1, 0.15) is 23.4 Å². The van der Waals surface area contributed by atoms with Gasteiger partial charge in [-0.05, 0) is 50.4 Å². The van der Waals surface area contributed by atoms with Crippen LogP contribution in [0.5, 0.6) is 0 Å². The van der Waals surface area contributed by atoms with Crippen LogP contribution >= 0.6 is 0 Å². The van der Waals surface area contributed by atoms with Crippen molar-refractivity contribution in [1.29, 1.82) is 0 Å². The molecule has 3 rings (SSSR count). The van der Waals surface area contributed by atoms with E-state index in [0.717, 1.165) is 36.3 Å². The van der Waals surface area contributed by atoms with Gasteiger partial charge in [-0.2, -0.15) is 4.98 Å². The second-order valence-corrected chi connectivity index (χ2v) is 5.25. The molecule has 0 saturated carbocycles. The molecule has 1 unspecified atom stereocenters. The van der Waals surface area contributed by atoms with E-state index in [1.54, 1.807) is 0 Å². The number of rotatable bonds is 3. The molecule has 5 nitrogen and oxygen atoms in total. The van der Waals surface area contributed by atoms with Crippen molar-refractivity contribution >= 4 is 0 Å². The number of nitrogens with one attached hydrogen (secondary N) is 1. The lowest BCUT2D eigenvalue weighted by Gasteiger charge is -2.02. The summed E-state index contributed by atoms with van der Waals surface area (Å²) in [5, 5.41) is 7.39. The maximum atomic E-state index is 5.34. The van der Waals surface area contributed by atoms with E-state index < -0.39 is 0 Å². The first-order valence-corrected chi connectivity index (χ1v) is 6.69. The van der Waals surface area contributed by atoms with Crippen molar-refractivity contribution in [3.05, 3.63) is 29.3 Å². The Balaban J connectivity index is 1.80. The van der Waals surface area contributed by atoms with Crippen molar-refractivity contribution < 1.29 is 4.52 Å². The zero-order valence-electron chi connectivity index (χ0n) is 11.3. The average molecular weight is 258 g/mol. The molecule has 1 saturated heterocycles. The molecule has 0 bridgehead atoms. The Morgan fingerprint density at radius 1 is 1.42 bits per heavy atom. The zero-order chi connectivity index (χ0) is 13.2. The lowest BCUT2D eigenvalue weighted by molar-refractivity contribution is 0.358. The number of nitrogens with zero attached hydrogens (tertiary/aromatic N) is 3. The highest BCUT2D eigenvalue weighted by Gasteiger charge is 2.19. The molecule has 3 heterocycles. The summed E-state index contributed by atoms with van der Waals surface area (Å²) in [7, 11) is 0. The summed E-state index contributed by atoms with van der Waals surface area (Å²) >= 11 is 0. The number of hydrogen-bond donors (Lipinski definition) is 1. The number of aryl methyl sites for hydroxylation is 2. The smallest absolute Gasteiger partial charge is 0.227 e. The standard InChI is InChI=1S/C14H18N4O/c1-9-5-10(2)13(16-7-9)14-17-12(19-18-14)6-11-3-4-15-8-11/h5,7,11,15H,3-4,6,8H2,1-2H3. The molecule has 2 aromatic heterocycles. The van der Waals surface area contributed by atoms with E-state index in [1.165, 1.54) is 6.42 Å². The lowest BCUT2D eigenvalue weighted by atomic mass is 10.1. The van der Waals surface area contributed by atoms with Crippen molar-refractivity contribution in [2.45, 2.75) is 26.7 Å². The minimum atomic E-state index is 0.596. The summed E-state index contributed by atoms with van der Waals surface area (Å²) in [4.78, 5) is 8.86. The largest absolute Gasteiger partial charge is 0.339 e. The van der Waals surface area contributed by atoms with Gasteiger partial charge in [0, 0.05) is 12.6 Å². The highest BCUT2D eigenvalue weighted by atomic mass is 16.5. The van der Waals surface area contributed by atoms with Gasteiger partial charge in [0.1, 0.15) is 5.69 Å². The first-order chi connectivity index (χ1) is 9.22. The Kier molecular flexibility index (Phi) is 3.29. The molecule has 1 aliphatic rings. The number of aromatic nitrogens is 3. The summed E-state index contributed by atoms with van der Waals surface area (Å²) in [5.41, 5.74) is 3.03. The predicted molar refractivity (Wildman–Crippen MR) is 71.7 cm³/mol. The van der Waals surface area contributed by atoms with Crippen LogP contribution in [0, 0.1) is 19.8 Å². The molecular formula is C14H18N4O. The van der Waals surface area contributed by atoms with Crippen molar-refractivity contribution in [3.8, 4) is 11.5 Å². The van der Waals surface area contributed by atoms with Crippen LogP contribution in [0.15, 0.2) is 16.8 Å². The van der Waals surface area contributed by atoms with Crippen molar-refractivity contribution in [1.82, 2.24) is 20.4 Å². The molecule has 2 aromatic rings. The summed E-state index contributed by atoms with van der Waals surface area (Å²) in [6.45, 7) is 6.18. The fourth-order valence-electron chi connectivity index (χ4n) is 2.52. The Morgan fingerprint density at radius 2 is 2.32 bits per heavy atom. The van der Waals surface area contributed by atoms with Crippen LogP contribution in [-0.4, -0.2) is 28.2 Å². The molecule has 0 aromatic carbocycles. The Bertz CT molecular complexity index is 573. The molecule has 0 spiro atoms. The third-order valence-corrected chi connectivity index (χ3v) is 3.52. The third kappa shape index (κ3) is 2.66. The van der Waals surface area contributed by atoms with Crippen LogP contribution < -0.4 is 5.32 Å². The maximum absolute atomic E-state index is 5.34. The molecule has 1 aliphatic heterocycles. The van der Waals surface area contributed by atoms with E-state index in [1.807, 2.05) is 20.0 Å². The second kappa shape index (κ2) is 5.09. The van der Waals surface area contributed by atoms with Crippen LogP contribution in [0.2, 0.25) is 0 Å². The molecule has 0 amide bonds. The fourth-order valence-corrected chi connectivity index (χ4v) is 2.52. The molecule has 19 heavy (non-hydrogen) atoms. The minimum Gasteiger partial charge on any atom is -0.339 e. The SMILES string of the molecule is Cc1cnc(-c2noc(CC3CCNC3)n2)c(C)c1. The highest BCUT2D eigenvalue weighted by Crippen LogP contribution is 2.20. The topological polar surface area (TPSA) is 63.8 Å². The van der Waals surface area contributed by atoms with Gasteiger partial charge in [0.05, 0.1) is 0 Å². The summed E-state index contributed by atoms with van der Waals surface area (Å²) < 4.78 is 5.34. The number of hydrogen-bond acceptors (Lipinski definition) is 5. The zero-order valence-corrected chi connectivity index (χ0v) is 11.3. The number of pyridine rings is 1. The van der Waals surface area contributed by atoms with Gasteiger partial charge in [-0.25, -0.2) is 0 Å². The van der Waals surface area contributed by atoms with Gasteiger partial charge < -0.3 is 9.84 Å². The quantitative estimate of drug-likeness (QED) is 0.911. The third-order valence-electron chi connectivity index (χ3n) is 3.52. The van der Waals surface area contributed by atoms with Gasteiger partial charge in [0.2, 0.25) is 11.7 Å². The first-order valence-electron chi connectivity index (χ1n) is 6.69. The van der Waals surface area contributed by atoms with Gasteiger partial charge in [-0.1, -0.05) is 11.2 Å². The molecule has 100 valence electrons. The monoisotopic (exact) mass is 258 g/mol. The van der Waals surface area contributed by atoms with Crippen molar-refractivity contribution in [3.63, 3.8) is 0 Å².